The van der Waals surface area contributed by atoms with Crippen LogP contribution in [0.1, 0.15) is 49.9 Å². The number of hydrazone groups is 1. The number of nitrogens with zero attached hydrogens (tertiary/aromatic N) is 2. The normalized spacial score (nSPS) is 11.6. The third-order valence-electron chi connectivity index (χ3n) is 6.64. The van der Waals surface area contributed by atoms with Crippen molar-refractivity contribution in [3.05, 3.63) is 130 Å². The van der Waals surface area contributed by atoms with Crippen molar-refractivity contribution < 1.29 is 18.0 Å². The summed E-state index contributed by atoms with van der Waals surface area (Å²) in [7, 11) is -3.52. The van der Waals surface area contributed by atoms with E-state index in [9.17, 15) is 18.0 Å². The summed E-state index contributed by atoms with van der Waals surface area (Å²) in [5.74, 6) is -0.590. The van der Waals surface area contributed by atoms with Crippen LogP contribution in [0.5, 0.6) is 0 Å². The molecule has 4 aromatic carbocycles. The van der Waals surface area contributed by atoms with Gasteiger partial charge < -0.3 is 5.32 Å². The van der Waals surface area contributed by atoms with Gasteiger partial charge in [0.25, 0.3) is 11.8 Å². The van der Waals surface area contributed by atoms with Crippen molar-refractivity contribution in [2.45, 2.75) is 27.3 Å². The van der Waals surface area contributed by atoms with Crippen LogP contribution in [0.15, 0.2) is 102 Å². The number of hydrogen-bond donors (Lipinski definition) is 2. The van der Waals surface area contributed by atoms with Crippen LogP contribution in [-0.4, -0.2) is 32.2 Å². The molecule has 210 valence electrons. The Balaban J connectivity index is 1.38. The zero-order valence-electron chi connectivity index (χ0n) is 23.4. The summed E-state index contributed by atoms with van der Waals surface area (Å²) in [5.41, 5.74) is 8.96. The first-order chi connectivity index (χ1) is 19.5. The number of carbonyl (C=O) groups excluding carboxylic acids is 2. The van der Waals surface area contributed by atoms with Gasteiger partial charge in [0.1, 0.15) is 0 Å². The largest absolute Gasteiger partial charge is 0.322 e. The molecule has 0 unspecified atom stereocenters. The van der Waals surface area contributed by atoms with Gasteiger partial charge in [-0.05, 0) is 91.6 Å². The summed E-state index contributed by atoms with van der Waals surface area (Å²) in [4.78, 5) is 25.0. The van der Waals surface area contributed by atoms with Crippen LogP contribution in [0.2, 0.25) is 0 Å². The quantitative estimate of drug-likeness (QED) is 0.200. The van der Waals surface area contributed by atoms with Gasteiger partial charge in [-0.25, -0.2) is 13.8 Å². The van der Waals surface area contributed by atoms with Gasteiger partial charge in [-0.2, -0.15) is 5.10 Å². The second-order valence-corrected chi connectivity index (χ2v) is 11.7. The number of carbonyl (C=O) groups is 2. The second-order valence-electron chi connectivity index (χ2n) is 9.77. The van der Waals surface area contributed by atoms with E-state index < -0.39 is 15.9 Å². The maximum atomic E-state index is 12.7. The van der Waals surface area contributed by atoms with E-state index in [1.54, 1.807) is 73.7 Å². The van der Waals surface area contributed by atoms with Gasteiger partial charge in [0.2, 0.25) is 10.0 Å². The molecule has 0 saturated heterocycles. The molecule has 0 bridgehead atoms. The van der Waals surface area contributed by atoms with Gasteiger partial charge >= 0.3 is 0 Å². The SMILES string of the molecule is C/C(=N/NC(=O)c1ccc(CN(c2ccc(C)c(C)c2)S(C)(=O)=O)cc1)c1ccc(NC(=O)c2ccccc2)cc1. The number of rotatable bonds is 9. The van der Waals surface area contributed by atoms with Gasteiger partial charge in [-0.1, -0.05) is 48.5 Å². The predicted molar refractivity (Wildman–Crippen MR) is 164 cm³/mol. The standard InChI is InChI=1S/C32H32N4O4S/c1-22-10-19-30(20-23(22)2)36(41(4,39)40)21-25-11-13-28(14-12-25)32(38)35-34-24(3)26-15-17-29(18-16-26)33-31(37)27-8-6-5-7-9-27/h5-20H,21H2,1-4H3,(H,33,37)(H,35,38)/b34-24-. The van der Waals surface area contributed by atoms with Crippen LogP contribution in [-0.2, 0) is 16.6 Å². The van der Waals surface area contributed by atoms with Crippen molar-refractivity contribution >= 4 is 38.9 Å². The molecule has 0 fully saturated rings. The lowest BCUT2D eigenvalue weighted by atomic mass is 10.1. The summed E-state index contributed by atoms with van der Waals surface area (Å²) in [6.07, 6.45) is 1.18. The summed E-state index contributed by atoms with van der Waals surface area (Å²) >= 11 is 0. The van der Waals surface area contributed by atoms with Crippen LogP contribution in [0.4, 0.5) is 11.4 Å². The van der Waals surface area contributed by atoms with Crippen LogP contribution in [0.3, 0.4) is 0 Å². The maximum absolute atomic E-state index is 12.7. The number of anilines is 2. The Bertz CT molecular complexity index is 1680. The van der Waals surface area contributed by atoms with Crippen LogP contribution in [0, 0.1) is 13.8 Å². The minimum atomic E-state index is -3.52. The zero-order chi connectivity index (χ0) is 29.6. The van der Waals surface area contributed by atoms with E-state index >= 15 is 0 Å². The highest BCUT2D eigenvalue weighted by molar-refractivity contribution is 7.92. The molecule has 41 heavy (non-hydrogen) atoms. The molecule has 4 aromatic rings. The molecule has 2 amide bonds. The van der Waals surface area contributed by atoms with E-state index in [1.165, 1.54) is 10.6 Å². The smallest absolute Gasteiger partial charge is 0.271 e. The fraction of sp³-hybridized carbons (Fsp3) is 0.156. The molecule has 0 aliphatic carbocycles. The highest BCUT2D eigenvalue weighted by Crippen LogP contribution is 2.23. The molecule has 0 heterocycles. The lowest BCUT2D eigenvalue weighted by Crippen LogP contribution is -2.29. The average molecular weight is 569 g/mol. The fourth-order valence-electron chi connectivity index (χ4n) is 4.06. The maximum Gasteiger partial charge on any atom is 0.271 e. The Hall–Kier alpha value is -4.76. The monoisotopic (exact) mass is 568 g/mol. The molecule has 0 aliphatic rings. The van der Waals surface area contributed by atoms with E-state index in [0.717, 1.165) is 22.3 Å². The Morgan fingerprint density at radius 1 is 0.756 bits per heavy atom. The molecule has 2 N–H and O–H groups in total. The van der Waals surface area contributed by atoms with Crippen molar-refractivity contribution in [2.24, 2.45) is 5.10 Å². The van der Waals surface area contributed by atoms with Crippen LogP contribution >= 0.6 is 0 Å². The van der Waals surface area contributed by atoms with Gasteiger partial charge in [0.15, 0.2) is 0 Å². The van der Waals surface area contributed by atoms with Crippen LogP contribution in [0.25, 0.3) is 0 Å². The number of sulfonamides is 1. The molecular weight excluding hydrogens is 536 g/mol. The first-order valence-electron chi connectivity index (χ1n) is 13.0. The second kappa shape index (κ2) is 12.6. The summed E-state index contributed by atoms with van der Waals surface area (Å²) in [5, 5.41) is 7.06. The van der Waals surface area contributed by atoms with E-state index in [-0.39, 0.29) is 12.5 Å². The molecule has 0 aliphatic heterocycles. The topological polar surface area (TPSA) is 108 Å². The highest BCUT2D eigenvalue weighted by atomic mass is 32.2. The Morgan fingerprint density at radius 3 is 1.98 bits per heavy atom. The number of aryl methyl sites for hydroxylation is 2. The lowest BCUT2D eigenvalue weighted by molar-refractivity contribution is 0.0954. The Labute approximate surface area is 240 Å². The molecule has 8 nitrogen and oxygen atoms in total. The zero-order valence-corrected chi connectivity index (χ0v) is 24.2. The first kappa shape index (κ1) is 29.2. The van der Waals surface area contributed by atoms with Crippen LogP contribution < -0.4 is 15.0 Å². The third-order valence-corrected chi connectivity index (χ3v) is 7.78. The number of hydrogen-bond acceptors (Lipinski definition) is 5. The number of nitrogens with one attached hydrogen (secondary N) is 2. The van der Waals surface area contributed by atoms with Crippen molar-refractivity contribution in [3.63, 3.8) is 0 Å². The number of amides is 2. The Kier molecular flexibility index (Phi) is 8.99. The molecule has 0 radical (unpaired) electrons. The van der Waals surface area contributed by atoms with Crippen molar-refractivity contribution in [2.75, 3.05) is 15.9 Å². The molecule has 4 rings (SSSR count). The number of benzene rings is 4. The predicted octanol–water partition coefficient (Wildman–Crippen LogP) is 5.68. The highest BCUT2D eigenvalue weighted by Gasteiger charge is 2.19. The van der Waals surface area contributed by atoms with Crippen molar-refractivity contribution in [3.8, 4) is 0 Å². The van der Waals surface area contributed by atoms with E-state index in [2.05, 4.69) is 15.8 Å². The van der Waals surface area contributed by atoms with Gasteiger partial charge in [0, 0.05) is 16.8 Å². The molecule has 0 atom stereocenters. The summed E-state index contributed by atoms with van der Waals surface area (Å²) < 4.78 is 26.4. The first-order valence-corrected chi connectivity index (χ1v) is 14.8. The minimum Gasteiger partial charge on any atom is -0.322 e. The van der Waals surface area contributed by atoms with Gasteiger partial charge in [-0.3, -0.25) is 13.9 Å². The summed E-state index contributed by atoms with van der Waals surface area (Å²) in [6.45, 7) is 5.83. The average Bonchev–Trinajstić information content (AvgIpc) is 2.96. The van der Waals surface area contributed by atoms with Crippen molar-refractivity contribution in [1.29, 1.82) is 0 Å². The molecule has 0 spiro atoms. The molecule has 0 saturated carbocycles. The van der Waals surface area contributed by atoms with E-state index in [4.69, 9.17) is 0 Å². The lowest BCUT2D eigenvalue weighted by Gasteiger charge is -2.23. The van der Waals surface area contributed by atoms with Crippen molar-refractivity contribution in [1.82, 2.24) is 5.43 Å². The Morgan fingerprint density at radius 2 is 1.37 bits per heavy atom. The molecule has 9 heteroatoms. The van der Waals surface area contributed by atoms with E-state index in [0.29, 0.717) is 28.2 Å². The summed E-state index contributed by atoms with van der Waals surface area (Å²) in [6, 6.07) is 28.4. The third kappa shape index (κ3) is 7.67. The molecular formula is C32H32N4O4S. The van der Waals surface area contributed by atoms with E-state index in [1.807, 2.05) is 44.2 Å². The molecule has 0 aromatic heterocycles. The van der Waals surface area contributed by atoms with Gasteiger partial charge in [0.05, 0.1) is 24.2 Å². The fourth-order valence-corrected chi connectivity index (χ4v) is 4.94. The minimum absolute atomic E-state index is 0.141. The van der Waals surface area contributed by atoms with Gasteiger partial charge in [-0.15, -0.1) is 0 Å².